The molecule has 0 aromatic heterocycles. The van der Waals surface area contributed by atoms with E-state index in [1.165, 1.54) is 17.8 Å². The minimum absolute atomic E-state index is 0.0197. The zero-order valence-corrected chi connectivity index (χ0v) is 16.7. The highest BCUT2D eigenvalue weighted by atomic mass is 32.2. The summed E-state index contributed by atoms with van der Waals surface area (Å²) in [6.45, 7) is 0. The summed E-state index contributed by atoms with van der Waals surface area (Å²) in [5, 5.41) is 3.77. The number of sulfone groups is 1. The monoisotopic (exact) mass is 404 g/mol. The van der Waals surface area contributed by atoms with E-state index in [-0.39, 0.29) is 5.75 Å². The Labute approximate surface area is 162 Å². The molecule has 1 heterocycles. The highest BCUT2D eigenvalue weighted by Crippen LogP contribution is 2.31. The second-order valence-corrected chi connectivity index (χ2v) is 9.59. The predicted molar refractivity (Wildman–Crippen MR) is 109 cm³/mol. The second-order valence-electron chi connectivity index (χ2n) is 6.37. The Morgan fingerprint density at radius 1 is 1.04 bits per heavy atom. The Bertz CT molecular complexity index is 1040. The van der Waals surface area contributed by atoms with Crippen LogP contribution in [-0.4, -0.2) is 45.8 Å². The molecule has 0 atom stereocenters. The van der Waals surface area contributed by atoms with Crippen LogP contribution in [0.25, 0.3) is 10.8 Å². The molecule has 2 amide bonds. The molecule has 142 valence electrons. The molecule has 0 unspecified atom stereocenters. The predicted octanol–water partition coefficient (Wildman–Crippen LogP) is 2.34. The van der Waals surface area contributed by atoms with Crippen LogP contribution in [0.1, 0.15) is 6.42 Å². The average molecular weight is 405 g/mol. The number of anilines is 1. The van der Waals surface area contributed by atoms with E-state index >= 15 is 0 Å². The summed E-state index contributed by atoms with van der Waals surface area (Å²) in [5.41, 5.74) is 0.962. The molecule has 1 N–H and O–H groups in total. The fraction of sp³-hybridized carbons (Fsp3) is 0.263. The van der Waals surface area contributed by atoms with Crippen LogP contribution in [0.3, 0.4) is 0 Å². The standard InChI is InChI=1S/C19H20N2O4S2/c1-21(2)15-8-3-7-14-13(15)6-4-9-17(14)27(24,25)11-5-10-26-16-12-18(22)20-19(16)23/h3-4,6-9,12H,5,10-11H2,1-2H3,(H,20,22,23). The van der Waals surface area contributed by atoms with Gasteiger partial charge in [-0.1, -0.05) is 24.3 Å². The summed E-state index contributed by atoms with van der Waals surface area (Å²) in [5.74, 6) is -0.422. The van der Waals surface area contributed by atoms with E-state index in [2.05, 4.69) is 5.32 Å². The molecular weight excluding hydrogens is 384 g/mol. The quantitative estimate of drug-likeness (QED) is 0.563. The second kappa shape index (κ2) is 7.74. The van der Waals surface area contributed by atoms with E-state index in [4.69, 9.17) is 0 Å². The van der Waals surface area contributed by atoms with Crippen molar-refractivity contribution < 1.29 is 18.0 Å². The van der Waals surface area contributed by atoms with Gasteiger partial charge in [-0.3, -0.25) is 14.9 Å². The van der Waals surface area contributed by atoms with Gasteiger partial charge >= 0.3 is 0 Å². The number of hydrogen-bond donors (Lipinski definition) is 1. The lowest BCUT2D eigenvalue weighted by atomic mass is 10.1. The summed E-state index contributed by atoms with van der Waals surface area (Å²) in [4.78, 5) is 25.2. The first kappa shape index (κ1) is 19.4. The summed E-state index contributed by atoms with van der Waals surface area (Å²) in [6, 6.07) is 10.9. The van der Waals surface area contributed by atoms with Gasteiger partial charge < -0.3 is 4.90 Å². The maximum atomic E-state index is 12.9. The Morgan fingerprint density at radius 2 is 1.74 bits per heavy atom. The first-order chi connectivity index (χ1) is 12.8. The lowest BCUT2D eigenvalue weighted by Crippen LogP contribution is -2.21. The van der Waals surface area contributed by atoms with Crippen LogP contribution in [0.5, 0.6) is 0 Å². The molecule has 0 fully saturated rings. The zero-order chi connectivity index (χ0) is 19.6. The van der Waals surface area contributed by atoms with Crippen LogP contribution >= 0.6 is 11.8 Å². The Balaban J connectivity index is 1.75. The summed E-state index contributed by atoms with van der Waals surface area (Å²) >= 11 is 1.20. The molecule has 0 radical (unpaired) electrons. The molecule has 0 bridgehead atoms. The SMILES string of the molecule is CN(C)c1cccc2c(S(=O)(=O)CCCSC3=CC(=O)NC3=O)cccc12. The van der Waals surface area contributed by atoms with Crippen molar-refractivity contribution in [2.45, 2.75) is 11.3 Å². The Hall–Kier alpha value is -2.32. The van der Waals surface area contributed by atoms with Crippen molar-refractivity contribution in [3.05, 3.63) is 47.4 Å². The van der Waals surface area contributed by atoms with Crippen molar-refractivity contribution in [3.63, 3.8) is 0 Å². The molecule has 6 nitrogen and oxygen atoms in total. The molecule has 1 aliphatic heterocycles. The number of thioether (sulfide) groups is 1. The first-order valence-electron chi connectivity index (χ1n) is 8.41. The minimum atomic E-state index is -3.47. The third-order valence-corrected chi connectivity index (χ3v) is 7.17. The Morgan fingerprint density at radius 3 is 2.41 bits per heavy atom. The topological polar surface area (TPSA) is 83.6 Å². The van der Waals surface area contributed by atoms with Gasteiger partial charge in [0.05, 0.1) is 15.6 Å². The molecular formula is C19H20N2O4S2. The highest BCUT2D eigenvalue weighted by Gasteiger charge is 2.22. The van der Waals surface area contributed by atoms with Gasteiger partial charge in [0.1, 0.15) is 0 Å². The lowest BCUT2D eigenvalue weighted by Gasteiger charge is -2.17. The van der Waals surface area contributed by atoms with Gasteiger partial charge in [0.15, 0.2) is 9.84 Å². The molecule has 0 spiro atoms. The molecule has 8 heteroatoms. The van der Waals surface area contributed by atoms with Crippen molar-refractivity contribution in [1.82, 2.24) is 5.32 Å². The van der Waals surface area contributed by atoms with Crippen molar-refractivity contribution in [1.29, 1.82) is 0 Å². The van der Waals surface area contributed by atoms with Gasteiger partial charge in [-0.25, -0.2) is 8.42 Å². The first-order valence-corrected chi connectivity index (χ1v) is 11.0. The molecule has 2 aromatic rings. The van der Waals surface area contributed by atoms with Gasteiger partial charge in [0, 0.05) is 36.6 Å². The molecule has 0 aliphatic carbocycles. The number of rotatable bonds is 7. The average Bonchev–Trinajstić information content (AvgIpc) is 2.94. The third-order valence-electron chi connectivity index (χ3n) is 4.21. The van der Waals surface area contributed by atoms with Crippen LogP contribution in [0.4, 0.5) is 5.69 Å². The van der Waals surface area contributed by atoms with Gasteiger partial charge in [-0.2, -0.15) is 0 Å². The molecule has 27 heavy (non-hydrogen) atoms. The van der Waals surface area contributed by atoms with Crippen LogP contribution < -0.4 is 10.2 Å². The molecule has 3 rings (SSSR count). The number of amides is 2. The summed E-state index contributed by atoms with van der Waals surface area (Å²) in [7, 11) is 0.377. The van der Waals surface area contributed by atoms with Gasteiger partial charge in [-0.15, -0.1) is 11.8 Å². The number of nitrogens with zero attached hydrogens (tertiary/aromatic N) is 1. The Kier molecular flexibility index (Phi) is 5.57. The normalized spacial score (nSPS) is 14.4. The minimum Gasteiger partial charge on any atom is -0.377 e. The number of fused-ring (bicyclic) bond motifs is 1. The zero-order valence-electron chi connectivity index (χ0n) is 15.1. The van der Waals surface area contributed by atoms with Crippen molar-refractivity contribution in [2.24, 2.45) is 0 Å². The van der Waals surface area contributed by atoms with E-state index < -0.39 is 21.7 Å². The fourth-order valence-electron chi connectivity index (χ4n) is 2.97. The maximum Gasteiger partial charge on any atom is 0.264 e. The number of carbonyl (C=O) groups excluding carboxylic acids is 2. The molecule has 2 aromatic carbocycles. The third kappa shape index (κ3) is 4.17. The summed E-state index contributed by atoms with van der Waals surface area (Å²) in [6.07, 6.45) is 1.63. The van der Waals surface area contributed by atoms with Crippen LogP contribution in [0.2, 0.25) is 0 Å². The van der Waals surface area contributed by atoms with Gasteiger partial charge in [-0.05, 0) is 24.3 Å². The summed E-state index contributed by atoms with van der Waals surface area (Å²) < 4.78 is 25.7. The van der Waals surface area contributed by atoms with Gasteiger partial charge in [0.2, 0.25) is 0 Å². The number of imide groups is 1. The van der Waals surface area contributed by atoms with E-state index in [9.17, 15) is 18.0 Å². The van der Waals surface area contributed by atoms with Crippen molar-refractivity contribution in [2.75, 3.05) is 30.5 Å². The smallest absolute Gasteiger partial charge is 0.264 e. The van der Waals surface area contributed by atoms with Crippen molar-refractivity contribution in [3.8, 4) is 0 Å². The number of hydrogen-bond acceptors (Lipinski definition) is 6. The molecule has 0 saturated heterocycles. The number of carbonyl (C=O) groups is 2. The van der Waals surface area contributed by atoms with E-state index in [1.807, 2.05) is 43.3 Å². The fourth-order valence-corrected chi connectivity index (χ4v) is 5.58. The molecule has 0 saturated carbocycles. The highest BCUT2D eigenvalue weighted by molar-refractivity contribution is 8.04. The van der Waals surface area contributed by atoms with Crippen molar-refractivity contribution >= 4 is 49.9 Å². The molecule has 1 aliphatic rings. The van der Waals surface area contributed by atoms with Gasteiger partial charge in [0.25, 0.3) is 11.8 Å². The number of benzene rings is 2. The van der Waals surface area contributed by atoms with E-state index in [0.29, 0.717) is 27.4 Å². The maximum absolute atomic E-state index is 12.9. The van der Waals surface area contributed by atoms with E-state index in [1.54, 1.807) is 12.1 Å². The lowest BCUT2D eigenvalue weighted by molar-refractivity contribution is -0.123. The van der Waals surface area contributed by atoms with Crippen LogP contribution in [0.15, 0.2) is 52.3 Å². The largest absolute Gasteiger partial charge is 0.377 e. The van der Waals surface area contributed by atoms with Crippen LogP contribution in [-0.2, 0) is 19.4 Å². The number of nitrogens with one attached hydrogen (secondary N) is 1. The van der Waals surface area contributed by atoms with E-state index in [0.717, 1.165) is 11.1 Å². The van der Waals surface area contributed by atoms with Crippen LogP contribution in [0, 0.1) is 0 Å².